The van der Waals surface area contributed by atoms with Crippen LogP contribution in [-0.2, 0) is 16.1 Å². The predicted octanol–water partition coefficient (Wildman–Crippen LogP) is 2.04. The maximum Gasteiger partial charge on any atom is 0.237 e. The van der Waals surface area contributed by atoms with E-state index in [2.05, 4.69) is 16.3 Å². The highest BCUT2D eigenvalue weighted by molar-refractivity contribution is 7.99. The van der Waals surface area contributed by atoms with Crippen molar-refractivity contribution < 1.29 is 9.59 Å². The average Bonchev–Trinajstić information content (AvgIpc) is 3.13. The molecule has 0 aliphatic heterocycles. The number of nitrogens with zero attached hydrogens (tertiary/aromatic N) is 4. The third kappa shape index (κ3) is 4.42. The summed E-state index contributed by atoms with van der Waals surface area (Å²) >= 11 is 1.39. The molecule has 1 aromatic rings. The molecule has 136 valence electrons. The van der Waals surface area contributed by atoms with E-state index in [1.807, 2.05) is 16.4 Å². The SMILES string of the molecule is CCN(C(=O)CSc1nnc(C2CC2)n1CCC(N)=O)C1=CCCC1. The quantitative estimate of drug-likeness (QED) is 0.678. The average molecular weight is 363 g/mol. The van der Waals surface area contributed by atoms with Crippen molar-refractivity contribution in [2.75, 3.05) is 12.3 Å². The van der Waals surface area contributed by atoms with E-state index in [1.54, 1.807) is 0 Å². The zero-order valence-electron chi connectivity index (χ0n) is 14.6. The highest BCUT2D eigenvalue weighted by atomic mass is 32.2. The number of carbonyl (C=O) groups excluding carboxylic acids is 2. The fourth-order valence-corrected chi connectivity index (χ4v) is 3.97. The summed E-state index contributed by atoms with van der Waals surface area (Å²) in [6.07, 6.45) is 7.79. The fraction of sp³-hybridized carbons (Fsp3) is 0.647. The van der Waals surface area contributed by atoms with Crippen LogP contribution in [0.1, 0.15) is 57.2 Å². The van der Waals surface area contributed by atoms with E-state index >= 15 is 0 Å². The predicted molar refractivity (Wildman–Crippen MR) is 95.9 cm³/mol. The summed E-state index contributed by atoms with van der Waals surface area (Å²) in [6, 6.07) is 0. The van der Waals surface area contributed by atoms with Crippen molar-refractivity contribution in [2.45, 2.75) is 63.1 Å². The van der Waals surface area contributed by atoms with Gasteiger partial charge in [0.15, 0.2) is 5.16 Å². The first kappa shape index (κ1) is 18.0. The zero-order chi connectivity index (χ0) is 17.8. The summed E-state index contributed by atoms with van der Waals surface area (Å²) in [7, 11) is 0. The molecule has 2 amide bonds. The van der Waals surface area contributed by atoms with Crippen molar-refractivity contribution in [3.63, 3.8) is 0 Å². The Labute approximate surface area is 152 Å². The molecule has 0 atom stereocenters. The van der Waals surface area contributed by atoms with Gasteiger partial charge in [0.25, 0.3) is 0 Å². The van der Waals surface area contributed by atoms with E-state index < -0.39 is 0 Å². The van der Waals surface area contributed by atoms with Gasteiger partial charge in [0.05, 0.1) is 5.75 Å². The third-order valence-corrected chi connectivity index (χ3v) is 5.53. The number of primary amides is 1. The second-order valence-corrected chi connectivity index (χ2v) is 7.44. The van der Waals surface area contributed by atoms with Crippen LogP contribution in [-0.4, -0.2) is 43.8 Å². The molecule has 1 heterocycles. The topological polar surface area (TPSA) is 94.1 Å². The molecule has 25 heavy (non-hydrogen) atoms. The molecule has 0 unspecified atom stereocenters. The third-order valence-electron chi connectivity index (χ3n) is 4.58. The second-order valence-electron chi connectivity index (χ2n) is 6.50. The number of nitrogens with two attached hydrogens (primary N) is 1. The Balaban J connectivity index is 1.65. The molecule has 0 spiro atoms. The standard InChI is InChI=1S/C17H25N5O2S/c1-2-21(13-5-3-4-6-13)15(24)11-25-17-20-19-16(12-7-8-12)22(17)10-9-14(18)23/h5,12H,2-4,6-11H2,1H3,(H2,18,23). The van der Waals surface area contributed by atoms with Crippen LogP contribution < -0.4 is 5.73 Å². The number of aromatic nitrogens is 3. The van der Waals surface area contributed by atoms with Gasteiger partial charge < -0.3 is 15.2 Å². The lowest BCUT2D eigenvalue weighted by Gasteiger charge is -2.22. The molecule has 1 aromatic heterocycles. The van der Waals surface area contributed by atoms with Crippen molar-refractivity contribution in [1.29, 1.82) is 0 Å². The second kappa shape index (κ2) is 8.03. The molecule has 7 nitrogen and oxygen atoms in total. The van der Waals surface area contributed by atoms with Crippen molar-refractivity contribution in [1.82, 2.24) is 19.7 Å². The largest absolute Gasteiger partial charge is 0.370 e. The lowest BCUT2D eigenvalue weighted by molar-refractivity contribution is -0.126. The molecular weight excluding hydrogens is 338 g/mol. The van der Waals surface area contributed by atoms with Gasteiger partial charge in [0.2, 0.25) is 11.8 Å². The van der Waals surface area contributed by atoms with Gasteiger partial charge in [-0.05, 0) is 39.0 Å². The van der Waals surface area contributed by atoms with Crippen LogP contribution in [0.25, 0.3) is 0 Å². The van der Waals surface area contributed by atoms with Crippen molar-refractivity contribution >= 4 is 23.6 Å². The molecular formula is C17H25N5O2S. The number of rotatable bonds is 9. The molecule has 8 heteroatoms. The molecule has 2 aliphatic rings. The summed E-state index contributed by atoms with van der Waals surface area (Å²) in [4.78, 5) is 25.6. The normalized spacial score (nSPS) is 16.8. The Morgan fingerprint density at radius 1 is 1.40 bits per heavy atom. The summed E-state index contributed by atoms with van der Waals surface area (Å²) in [5.74, 6) is 1.43. The zero-order valence-corrected chi connectivity index (χ0v) is 15.4. The maximum absolute atomic E-state index is 12.6. The summed E-state index contributed by atoms with van der Waals surface area (Å²) in [6.45, 7) is 3.17. The lowest BCUT2D eigenvalue weighted by atomic mass is 10.3. The van der Waals surface area contributed by atoms with Crippen molar-refractivity contribution in [3.8, 4) is 0 Å². The Hall–Kier alpha value is -1.83. The first-order valence-electron chi connectivity index (χ1n) is 8.93. The highest BCUT2D eigenvalue weighted by Gasteiger charge is 2.30. The van der Waals surface area contributed by atoms with Crippen LogP contribution >= 0.6 is 11.8 Å². The van der Waals surface area contributed by atoms with Crippen LogP contribution in [0.4, 0.5) is 0 Å². The van der Waals surface area contributed by atoms with E-state index in [4.69, 9.17) is 5.73 Å². The maximum atomic E-state index is 12.6. The van der Waals surface area contributed by atoms with E-state index in [0.717, 1.165) is 43.6 Å². The molecule has 1 saturated carbocycles. The summed E-state index contributed by atoms with van der Waals surface area (Å²) in [5, 5.41) is 9.23. The van der Waals surface area contributed by atoms with Crippen molar-refractivity contribution in [3.05, 3.63) is 17.6 Å². The van der Waals surface area contributed by atoms with Gasteiger partial charge in [-0.2, -0.15) is 0 Å². The van der Waals surface area contributed by atoms with Gasteiger partial charge in [-0.15, -0.1) is 10.2 Å². The number of hydrogen-bond donors (Lipinski definition) is 1. The first-order valence-corrected chi connectivity index (χ1v) is 9.92. The summed E-state index contributed by atoms with van der Waals surface area (Å²) in [5.41, 5.74) is 6.42. The van der Waals surface area contributed by atoms with E-state index in [9.17, 15) is 9.59 Å². The lowest BCUT2D eigenvalue weighted by Crippen LogP contribution is -2.31. The number of thioether (sulfide) groups is 1. The van der Waals surface area contributed by atoms with Gasteiger partial charge >= 0.3 is 0 Å². The van der Waals surface area contributed by atoms with Crippen LogP contribution in [0.15, 0.2) is 16.9 Å². The van der Waals surface area contributed by atoms with E-state index in [-0.39, 0.29) is 18.2 Å². The van der Waals surface area contributed by atoms with Gasteiger partial charge in [0.1, 0.15) is 5.82 Å². The minimum atomic E-state index is -0.340. The molecule has 0 radical (unpaired) electrons. The van der Waals surface area contributed by atoms with Crippen LogP contribution in [0.5, 0.6) is 0 Å². The number of allylic oxidation sites excluding steroid dienone is 2. The summed E-state index contributed by atoms with van der Waals surface area (Å²) < 4.78 is 1.96. The smallest absolute Gasteiger partial charge is 0.237 e. The monoisotopic (exact) mass is 363 g/mol. The van der Waals surface area contributed by atoms with Gasteiger partial charge in [-0.1, -0.05) is 17.8 Å². The van der Waals surface area contributed by atoms with Crippen LogP contribution in [0.2, 0.25) is 0 Å². The molecule has 1 fully saturated rings. The first-order chi connectivity index (χ1) is 12.1. The van der Waals surface area contributed by atoms with Crippen molar-refractivity contribution in [2.24, 2.45) is 5.73 Å². The molecule has 2 N–H and O–H groups in total. The van der Waals surface area contributed by atoms with Crippen LogP contribution in [0.3, 0.4) is 0 Å². The number of carbonyl (C=O) groups is 2. The minimum Gasteiger partial charge on any atom is -0.370 e. The molecule has 0 saturated heterocycles. The molecule has 0 bridgehead atoms. The van der Waals surface area contributed by atoms with Gasteiger partial charge in [-0.3, -0.25) is 9.59 Å². The van der Waals surface area contributed by atoms with Crippen LogP contribution in [0, 0.1) is 0 Å². The Kier molecular flexibility index (Phi) is 5.78. The molecule has 3 rings (SSSR count). The molecule has 2 aliphatic carbocycles. The Bertz CT molecular complexity index is 681. The van der Waals surface area contributed by atoms with Gasteiger partial charge in [0, 0.05) is 31.1 Å². The highest BCUT2D eigenvalue weighted by Crippen LogP contribution is 2.40. The van der Waals surface area contributed by atoms with E-state index in [0.29, 0.717) is 29.9 Å². The molecule has 0 aromatic carbocycles. The number of amides is 2. The fourth-order valence-electron chi connectivity index (χ4n) is 3.13. The number of hydrogen-bond acceptors (Lipinski definition) is 5. The van der Waals surface area contributed by atoms with Gasteiger partial charge in [-0.25, -0.2) is 0 Å². The Morgan fingerprint density at radius 3 is 2.80 bits per heavy atom. The van der Waals surface area contributed by atoms with E-state index in [1.165, 1.54) is 11.8 Å². The minimum absolute atomic E-state index is 0.0954. The Morgan fingerprint density at radius 2 is 2.20 bits per heavy atom.